The van der Waals surface area contributed by atoms with Crippen LogP contribution in [0.4, 0.5) is 4.39 Å². The van der Waals surface area contributed by atoms with Crippen LogP contribution in [-0.4, -0.2) is 11.8 Å². The number of halogens is 1. The molecule has 5 heteroatoms. The topological polar surface area (TPSA) is 58.2 Å². The molecular formula is C19H21FN2O2. The van der Waals surface area contributed by atoms with Crippen LogP contribution in [0.2, 0.25) is 0 Å². The number of carbonyl (C=O) groups is 2. The molecule has 4 nitrogen and oxygen atoms in total. The Balaban J connectivity index is 2.05. The van der Waals surface area contributed by atoms with Crippen molar-refractivity contribution in [1.82, 2.24) is 10.9 Å². The van der Waals surface area contributed by atoms with Crippen molar-refractivity contribution in [3.63, 3.8) is 0 Å². The number of hydrazine groups is 1. The highest BCUT2D eigenvalue weighted by atomic mass is 19.1. The molecule has 2 amide bonds. The second kappa shape index (κ2) is 8.24. The number of amides is 2. The summed E-state index contributed by atoms with van der Waals surface area (Å²) >= 11 is 0. The minimum atomic E-state index is -0.487. The summed E-state index contributed by atoms with van der Waals surface area (Å²) < 4.78 is 12.9. The fraction of sp³-hybridized carbons (Fsp3) is 0.263. The summed E-state index contributed by atoms with van der Waals surface area (Å²) in [6.45, 7) is 4.02. The Hall–Kier alpha value is -2.69. The van der Waals surface area contributed by atoms with E-state index in [0.717, 1.165) is 12.0 Å². The average Bonchev–Trinajstić information content (AvgIpc) is 2.61. The van der Waals surface area contributed by atoms with Crippen molar-refractivity contribution in [3.05, 3.63) is 71.5 Å². The maximum Gasteiger partial charge on any atom is 0.269 e. The minimum absolute atomic E-state index is 0.120. The highest BCUT2D eigenvalue weighted by Crippen LogP contribution is 2.26. The summed E-state index contributed by atoms with van der Waals surface area (Å²) in [7, 11) is 0. The summed E-state index contributed by atoms with van der Waals surface area (Å²) in [4.78, 5) is 24.6. The van der Waals surface area contributed by atoms with Crippen LogP contribution in [0.3, 0.4) is 0 Å². The Morgan fingerprint density at radius 1 is 1.00 bits per heavy atom. The summed E-state index contributed by atoms with van der Waals surface area (Å²) in [5.74, 6) is -1.42. The maximum absolute atomic E-state index is 12.9. The van der Waals surface area contributed by atoms with Gasteiger partial charge in [0.1, 0.15) is 5.82 Å². The molecule has 2 atom stereocenters. The lowest BCUT2D eigenvalue weighted by atomic mass is 9.85. The van der Waals surface area contributed by atoms with E-state index in [1.165, 1.54) is 24.3 Å². The zero-order valence-corrected chi connectivity index (χ0v) is 13.8. The molecule has 0 aliphatic heterocycles. The first kappa shape index (κ1) is 17.7. The minimum Gasteiger partial charge on any atom is -0.273 e. The third-order valence-corrected chi connectivity index (χ3v) is 4.06. The van der Waals surface area contributed by atoms with Crippen LogP contribution in [0.5, 0.6) is 0 Å². The molecule has 24 heavy (non-hydrogen) atoms. The molecule has 0 aliphatic rings. The first-order valence-electron chi connectivity index (χ1n) is 7.93. The molecule has 126 valence electrons. The van der Waals surface area contributed by atoms with Gasteiger partial charge in [0.2, 0.25) is 5.91 Å². The van der Waals surface area contributed by atoms with Gasteiger partial charge in [-0.25, -0.2) is 4.39 Å². The fourth-order valence-corrected chi connectivity index (χ4v) is 2.50. The SMILES string of the molecule is CC[C@@H](C)[C@@H](C(=O)NNC(=O)c1ccc(F)cc1)c1ccccc1. The maximum atomic E-state index is 12.9. The van der Waals surface area contributed by atoms with Crippen LogP contribution >= 0.6 is 0 Å². The van der Waals surface area contributed by atoms with Gasteiger partial charge in [-0.05, 0) is 35.7 Å². The summed E-state index contributed by atoms with van der Waals surface area (Å²) in [5.41, 5.74) is 6.04. The zero-order valence-electron chi connectivity index (χ0n) is 13.8. The van der Waals surface area contributed by atoms with Gasteiger partial charge in [-0.2, -0.15) is 0 Å². The van der Waals surface area contributed by atoms with E-state index in [2.05, 4.69) is 10.9 Å². The first-order valence-corrected chi connectivity index (χ1v) is 7.93. The summed E-state index contributed by atoms with van der Waals surface area (Å²) in [6, 6.07) is 14.6. The van der Waals surface area contributed by atoms with Gasteiger partial charge in [0.25, 0.3) is 5.91 Å². The van der Waals surface area contributed by atoms with Crippen molar-refractivity contribution in [2.24, 2.45) is 5.92 Å². The van der Waals surface area contributed by atoms with Crippen LogP contribution in [0, 0.1) is 11.7 Å². The normalized spacial score (nSPS) is 13.0. The molecule has 0 radical (unpaired) electrons. The number of carbonyl (C=O) groups excluding carboxylic acids is 2. The van der Waals surface area contributed by atoms with Gasteiger partial charge in [0.15, 0.2) is 0 Å². The quantitative estimate of drug-likeness (QED) is 0.826. The van der Waals surface area contributed by atoms with Gasteiger partial charge in [0, 0.05) is 5.56 Å². The van der Waals surface area contributed by atoms with Crippen LogP contribution < -0.4 is 10.9 Å². The van der Waals surface area contributed by atoms with E-state index >= 15 is 0 Å². The summed E-state index contributed by atoms with van der Waals surface area (Å²) in [5, 5.41) is 0. The Morgan fingerprint density at radius 2 is 1.62 bits per heavy atom. The van der Waals surface area contributed by atoms with Gasteiger partial charge >= 0.3 is 0 Å². The lowest BCUT2D eigenvalue weighted by Gasteiger charge is -2.22. The third kappa shape index (κ3) is 4.41. The number of nitrogens with one attached hydrogen (secondary N) is 2. The second-order valence-corrected chi connectivity index (χ2v) is 5.72. The molecule has 0 aromatic heterocycles. The predicted octanol–water partition coefficient (Wildman–Crippen LogP) is 3.42. The van der Waals surface area contributed by atoms with Gasteiger partial charge in [-0.1, -0.05) is 50.6 Å². The largest absolute Gasteiger partial charge is 0.273 e. The smallest absolute Gasteiger partial charge is 0.269 e. The molecule has 2 rings (SSSR count). The molecule has 2 aromatic rings. The molecule has 0 saturated carbocycles. The van der Waals surface area contributed by atoms with Gasteiger partial charge < -0.3 is 0 Å². The van der Waals surface area contributed by atoms with Crippen LogP contribution in [-0.2, 0) is 4.79 Å². The van der Waals surface area contributed by atoms with E-state index in [4.69, 9.17) is 0 Å². The lowest BCUT2D eigenvalue weighted by Crippen LogP contribution is -2.45. The molecule has 0 spiro atoms. The van der Waals surface area contributed by atoms with E-state index in [9.17, 15) is 14.0 Å². The lowest BCUT2D eigenvalue weighted by molar-refractivity contribution is -0.124. The van der Waals surface area contributed by atoms with Crippen molar-refractivity contribution in [3.8, 4) is 0 Å². The molecule has 0 aliphatic carbocycles. The number of hydrogen-bond donors (Lipinski definition) is 2. The Kier molecular flexibility index (Phi) is 6.07. The van der Waals surface area contributed by atoms with E-state index in [-0.39, 0.29) is 23.3 Å². The molecule has 0 fully saturated rings. The van der Waals surface area contributed by atoms with Gasteiger partial charge in [-0.3, -0.25) is 20.4 Å². The molecule has 0 bridgehead atoms. The second-order valence-electron chi connectivity index (χ2n) is 5.72. The van der Waals surface area contributed by atoms with Crippen molar-refractivity contribution < 1.29 is 14.0 Å². The monoisotopic (exact) mass is 328 g/mol. The van der Waals surface area contributed by atoms with E-state index in [1.807, 2.05) is 44.2 Å². The van der Waals surface area contributed by atoms with Crippen molar-refractivity contribution >= 4 is 11.8 Å². The average molecular weight is 328 g/mol. The molecule has 0 saturated heterocycles. The number of hydrogen-bond acceptors (Lipinski definition) is 2. The van der Waals surface area contributed by atoms with E-state index < -0.39 is 11.7 Å². The number of benzene rings is 2. The summed E-state index contributed by atoms with van der Waals surface area (Å²) in [6.07, 6.45) is 0.832. The van der Waals surface area contributed by atoms with Crippen molar-refractivity contribution in [2.75, 3.05) is 0 Å². The molecular weight excluding hydrogens is 307 g/mol. The van der Waals surface area contributed by atoms with E-state index in [0.29, 0.717) is 0 Å². The fourth-order valence-electron chi connectivity index (χ4n) is 2.50. The van der Waals surface area contributed by atoms with Crippen LogP contribution in [0.25, 0.3) is 0 Å². The van der Waals surface area contributed by atoms with Crippen molar-refractivity contribution in [1.29, 1.82) is 0 Å². The Labute approximate surface area is 141 Å². The van der Waals surface area contributed by atoms with Gasteiger partial charge in [-0.15, -0.1) is 0 Å². The Bertz CT molecular complexity index is 686. The van der Waals surface area contributed by atoms with Crippen molar-refractivity contribution in [2.45, 2.75) is 26.2 Å². The van der Waals surface area contributed by atoms with E-state index in [1.54, 1.807) is 0 Å². The molecule has 2 N–H and O–H groups in total. The Morgan fingerprint density at radius 3 is 2.21 bits per heavy atom. The molecule has 0 unspecified atom stereocenters. The third-order valence-electron chi connectivity index (χ3n) is 4.06. The highest BCUT2D eigenvalue weighted by molar-refractivity contribution is 5.96. The van der Waals surface area contributed by atoms with Gasteiger partial charge in [0.05, 0.1) is 5.92 Å². The zero-order chi connectivity index (χ0) is 17.5. The predicted molar refractivity (Wildman–Crippen MR) is 90.6 cm³/mol. The highest BCUT2D eigenvalue weighted by Gasteiger charge is 2.26. The molecule has 0 heterocycles. The first-order chi connectivity index (χ1) is 11.5. The van der Waals surface area contributed by atoms with Crippen LogP contribution in [0.1, 0.15) is 42.1 Å². The molecule has 2 aromatic carbocycles. The standard InChI is InChI=1S/C19H21FN2O2/c1-3-13(2)17(14-7-5-4-6-8-14)19(24)22-21-18(23)15-9-11-16(20)12-10-15/h4-13,17H,3H2,1-2H3,(H,21,23)(H,22,24)/t13-,17-/m1/s1. The van der Waals surface area contributed by atoms with Crippen LogP contribution in [0.15, 0.2) is 54.6 Å². The number of rotatable bonds is 5.